The molecule has 8 heteroatoms. The van der Waals surface area contributed by atoms with Gasteiger partial charge in [-0.2, -0.15) is 13.2 Å². The number of amides is 1. The Hall–Kier alpha value is -1.41. The largest absolute Gasteiger partial charge is 0.497 e. The van der Waals surface area contributed by atoms with Crippen molar-refractivity contribution in [3.63, 3.8) is 0 Å². The Kier molecular flexibility index (Phi) is 7.70. The van der Waals surface area contributed by atoms with Crippen LogP contribution in [-0.4, -0.2) is 43.7 Å². The number of hydrogen-bond acceptors (Lipinski definition) is 4. The summed E-state index contributed by atoms with van der Waals surface area (Å²) in [6, 6.07) is 6.76. The lowest BCUT2D eigenvalue weighted by molar-refractivity contribution is -0.175. The van der Waals surface area contributed by atoms with Gasteiger partial charge in [0.2, 0.25) is 5.91 Å². The van der Waals surface area contributed by atoms with Crippen LogP contribution in [0.2, 0.25) is 0 Å². The minimum atomic E-state index is -4.36. The molecule has 1 aromatic carbocycles. The van der Waals surface area contributed by atoms with Crippen molar-refractivity contribution in [3.05, 3.63) is 24.3 Å². The summed E-state index contributed by atoms with van der Waals surface area (Å²) >= 11 is 1.35. The van der Waals surface area contributed by atoms with Gasteiger partial charge < -0.3 is 14.8 Å². The van der Waals surface area contributed by atoms with Gasteiger partial charge in [0.05, 0.1) is 19.0 Å². The van der Waals surface area contributed by atoms with Crippen molar-refractivity contribution in [2.75, 3.05) is 20.3 Å². The van der Waals surface area contributed by atoms with Crippen molar-refractivity contribution in [2.24, 2.45) is 0 Å². The molecule has 1 rings (SSSR count). The number of alkyl halides is 3. The van der Waals surface area contributed by atoms with Crippen LogP contribution in [0.4, 0.5) is 13.2 Å². The first-order chi connectivity index (χ1) is 10.7. The smallest absolute Gasteiger partial charge is 0.411 e. The molecule has 0 radical (unpaired) electrons. The van der Waals surface area contributed by atoms with Gasteiger partial charge in [-0.3, -0.25) is 4.79 Å². The highest BCUT2D eigenvalue weighted by molar-refractivity contribution is 8.00. The van der Waals surface area contributed by atoms with Crippen molar-refractivity contribution in [1.29, 1.82) is 0 Å². The summed E-state index contributed by atoms with van der Waals surface area (Å²) in [6.45, 7) is 1.82. The van der Waals surface area contributed by atoms with Crippen LogP contribution in [0.1, 0.15) is 13.8 Å². The standard InChI is InChI=1S/C15H20F3NO3S/c1-10(8-22-9-15(16,17)18)19-14(20)11(2)23-13-6-4-12(21-3)5-7-13/h4-7,10-11H,8-9H2,1-3H3,(H,19,20). The third-order valence-corrected chi connectivity index (χ3v) is 3.88. The predicted molar refractivity (Wildman–Crippen MR) is 82.8 cm³/mol. The monoisotopic (exact) mass is 351 g/mol. The second-order valence-corrected chi connectivity index (χ2v) is 6.39. The minimum absolute atomic E-state index is 0.189. The summed E-state index contributed by atoms with van der Waals surface area (Å²) in [5.74, 6) is 0.468. The van der Waals surface area contributed by atoms with E-state index in [0.29, 0.717) is 0 Å². The summed E-state index contributed by atoms with van der Waals surface area (Å²) in [5, 5.41) is 2.25. The molecule has 0 spiro atoms. The van der Waals surface area contributed by atoms with Crippen LogP contribution in [-0.2, 0) is 9.53 Å². The van der Waals surface area contributed by atoms with Crippen LogP contribution in [0.5, 0.6) is 5.75 Å². The molecule has 130 valence electrons. The first-order valence-corrected chi connectivity index (χ1v) is 7.85. The SMILES string of the molecule is COc1ccc(SC(C)C(=O)NC(C)COCC(F)(F)F)cc1. The molecule has 1 amide bonds. The highest BCUT2D eigenvalue weighted by atomic mass is 32.2. The van der Waals surface area contributed by atoms with E-state index in [4.69, 9.17) is 4.74 Å². The second-order valence-electron chi connectivity index (χ2n) is 4.98. The van der Waals surface area contributed by atoms with Gasteiger partial charge in [-0.1, -0.05) is 0 Å². The number of carbonyl (C=O) groups excluding carboxylic acids is 1. The summed E-state index contributed by atoms with van der Waals surface area (Å²) in [7, 11) is 1.57. The van der Waals surface area contributed by atoms with Crippen LogP contribution < -0.4 is 10.1 Å². The summed E-state index contributed by atoms with van der Waals surface area (Å²) in [4.78, 5) is 12.9. The third kappa shape index (κ3) is 8.13. The molecule has 0 bridgehead atoms. The first kappa shape index (κ1) is 19.6. The van der Waals surface area contributed by atoms with Crippen LogP contribution >= 0.6 is 11.8 Å². The molecule has 0 aliphatic rings. The number of hydrogen-bond donors (Lipinski definition) is 1. The van der Waals surface area contributed by atoms with Gasteiger partial charge in [-0.15, -0.1) is 11.8 Å². The number of ether oxygens (including phenoxy) is 2. The van der Waals surface area contributed by atoms with E-state index < -0.39 is 18.8 Å². The molecule has 2 unspecified atom stereocenters. The van der Waals surface area contributed by atoms with E-state index in [1.165, 1.54) is 11.8 Å². The Morgan fingerprint density at radius 2 is 1.87 bits per heavy atom. The van der Waals surface area contributed by atoms with E-state index in [2.05, 4.69) is 10.1 Å². The maximum absolute atomic E-state index is 12.0. The lowest BCUT2D eigenvalue weighted by Crippen LogP contribution is -2.40. The number of nitrogens with one attached hydrogen (secondary N) is 1. The van der Waals surface area contributed by atoms with Crippen molar-refractivity contribution in [2.45, 2.75) is 36.2 Å². The van der Waals surface area contributed by atoms with Crippen molar-refractivity contribution in [3.8, 4) is 5.75 Å². The highest BCUT2D eigenvalue weighted by Crippen LogP contribution is 2.25. The molecule has 2 atom stereocenters. The van der Waals surface area contributed by atoms with Gasteiger partial charge in [0.15, 0.2) is 0 Å². The fourth-order valence-corrected chi connectivity index (χ4v) is 2.54. The van der Waals surface area contributed by atoms with E-state index in [1.807, 2.05) is 12.1 Å². The summed E-state index contributed by atoms with van der Waals surface area (Å²) < 4.78 is 45.5. The first-order valence-electron chi connectivity index (χ1n) is 6.97. The zero-order valence-corrected chi connectivity index (χ0v) is 14.0. The Labute approximate surface area is 137 Å². The quantitative estimate of drug-likeness (QED) is 0.731. The fourth-order valence-electron chi connectivity index (χ4n) is 1.67. The average Bonchev–Trinajstić information content (AvgIpc) is 2.46. The molecule has 0 saturated heterocycles. The fraction of sp³-hybridized carbons (Fsp3) is 0.533. The molecule has 0 saturated carbocycles. The molecule has 1 aromatic rings. The summed E-state index contributed by atoms with van der Waals surface area (Å²) in [6.07, 6.45) is -4.36. The molecule has 0 aromatic heterocycles. The number of rotatable bonds is 8. The molecule has 23 heavy (non-hydrogen) atoms. The molecular weight excluding hydrogens is 331 g/mol. The van der Waals surface area contributed by atoms with Gasteiger partial charge in [-0.05, 0) is 38.1 Å². The Balaban J connectivity index is 2.37. The van der Waals surface area contributed by atoms with Crippen molar-refractivity contribution in [1.82, 2.24) is 5.32 Å². The zero-order chi connectivity index (χ0) is 17.5. The maximum Gasteiger partial charge on any atom is 0.411 e. The van der Waals surface area contributed by atoms with Gasteiger partial charge in [0.1, 0.15) is 12.4 Å². The van der Waals surface area contributed by atoms with Crippen LogP contribution in [0.3, 0.4) is 0 Å². The number of methoxy groups -OCH3 is 1. The maximum atomic E-state index is 12.0. The lowest BCUT2D eigenvalue weighted by atomic mass is 10.3. The molecular formula is C15H20F3NO3S. The molecule has 4 nitrogen and oxygen atoms in total. The van der Waals surface area contributed by atoms with Crippen molar-refractivity contribution >= 4 is 17.7 Å². The van der Waals surface area contributed by atoms with Crippen LogP contribution in [0, 0.1) is 0 Å². The van der Waals surface area contributed by atoms with E-state index in [0.717, 1.165) is 10.6 Å². The lowest BCUT2D eigenvalue weighted by Gasteiger charge is -2.18. The normalized spacial score (nSPS) is 14.2. The zero-order valence-electron chi connectivity index (χ0n) is 13.1. The molecule has 0 heterocycles. The van der Waals surface area contributed by atoms with Gasteiger partial charge in [0, 0.05) is 10.9 Å². The number of thioether (sulfide) groups is 1. The topological polar surface area (TPSA) is 47.6 Å². The molecule has 1 N–H and O–H groups in total. The van der Waals surface area contributed by atoms with E-state index in [9.17, 15) is 18.0 Å². The average molecular weight is 351 g/mol. The van der Waals surface area contributed by atoms with E-state index in [1.54, 1.807) is 33.1 Å². The molecule has 0 aliphatic carbocycles. The Morgan fingerprint density at radius 1 is 1.26 bits per heavy atom. The van der Waals surface area contributed by atoms with Crippen LogP contribution in [0.25, 0.3) is 0 Å². The highest BCUT2D eigenvalue weighted by Gasteiger charge is 2.27. The predicted octanol–water partition coefficient (Wildman–Crippen LogP) is 3.26. The number of halogens is 3. The van der Waals surface area contributed by atoms with Gasteiger partial charge in [-0.25, -0.2) is 0 Å². The molecule has 0 aliphatic heterocycles. The summed E-state index contributed by atoms with van der Waals surface area (Å²) in [5.41, 5.74) is 0. The third-order valence-electron chi connectivity index (χ3n) is 2.76. The Bertz CT molecular complexity index is 494. The van der Waals surface area contributed by atoms with E-state index in [-0.39, 0.29) is 17.8 Å². The molecule has 0 fully saturated rings. The van der Waals surface area contributed by atoms with Gasteiger partial charge >= 0.3 is 6.18 Å². The minimum Gasteiger partial charge on any atom is -0.497 e. The number of benzene rings is 1. The van der Waals surface area contributed by atoms with Gasteiger partial charge in [0.25, 0.3) is 0 Å². The number of carbonyl (C=O) groups is 1. The Morgan fingerprint density at radius 3 is 2.39 bits per heavy atom. The van der Waals surface area contributed by atoms with E-state index >= 15 is 0 Å². The van der Waals surface area contributed by atoms with Crippen molar-refractivity contribution < 1.29 is 27.4 Å². The van der Waals surface area contributed by atoms with Crippen LogP contribution in [0.15, 0.2) is 29.2 Å². The second kappa shape index (κ2) is 9.02.